The minimum atomic E-state index is -0.142. The van der Waals surface area contributed by atoms with Crippen molar-refractivity contribution in [1.82, 2.24) is 10.2 Å². The molecule has 0 saturated carbocycles. The van der Waals surface area contributed by atoms with Gasteiger partial charge in [0.05, 0.1) is 0 Å². The summed E-state index contributed by atoms with van der Waals surface area (Å²) in [6, 6.07) is 7.32. The highest BCUT2D eigenvalue weighted by Crippen LogP contribution is 2.38. The van der Waals surface area contributed by atoms with Gasteiger partial charge in [0.2, 0.25) is 0 Å². The van der Waals surface area contributed by atoms with Crippen LogP contribution in [0.4, 0.5) is 4.39 Å². The molecule has 0 unspecified atom stereocenters. The van der Waals surface area contributed by atoms with Crippen LogP contribution in [-0.2, 0) is 0 Å². The largest absolute Gasteiger partial charge is 0.314 e. The van der Waals surface area contributed by atoms with Crippen molar-refractivity contribution in [3.8, 4) is 0 Å². The average Bonchev–Trinajstić information content (AvgIpc) is 2.28. The van der Waals surface area contributed by atoms with Crippen LogP contribution in [0.2, 0.25) is 0 Å². The van der Waals surface area contributed by atoms with Crippen molar-refractivity contribution in [2.75, 3.05) is 26.2 Å². The summed E-state index contributed by atoms with van der Waals surface area (Å²) in [5.41, 5.74) is 1.19. The van der Waals surface area contributed by atoms with E-state index in [4.69, 9.17) is 0 Å². The van der Waals surface area contributed by atoms with Crippen LogP contribution in [0.1, 0.15) is 32.4 Å². The molecule has 1 heterocycles. The van der Waals surface area contributed by atoms with Gasteiger partial charge in [-0.2, -0.15) is 0 Å². The van der Waals surface area contributed by atoms with Gasteiger partial charge in [-0.1, -0.05) is 32.9 Å². The van der Waals surface area contributed by atoms with Gasteiger partial charge in [0, 0.05) is 32.2 Å². The van der Waals surface area contributed by atoms with Crippen molar-refractivity contribution in [1.29, 1.82) is 0 Å². The molecule has 0 bridgehead atoms. The number of rotatable bonds is 2. The Bertz CT molecular complexity index is 397. The van der Waals surface area contributed by atoms with Gasteiger partial charge >= 0.3 is 0 Å². The first-order valence-electron chi connectivity index (χ1n) is 6.69. The summed E-state index contributed by atoms with van der Waals surface area (Å²) in [6.45, 7) is 10.8. The molecule has 0 spiro atoms. The Labute approximate surface area is 121 Å². The third-order valence-corrected chi connectivity index (χ3v) is 3.50. The zero-order valence-corrected chi connectivity index (χ0v) is 12.8. The van der Waals surface area contributed by atoms with Crippen LogP contribution < -0.4 is 5.32 Å². The highest BCUT2D eigenvalue weighted by atomic mass is 35.5. The number of benzene rings is 1. The maximum atomic E-state index is 13.5. The number of nitrogens with one attached hydrogen (secondary N) is 1. The molecule has 1 N–H and O–H groups in total. The lowest BCUT2D eigenvalue weighted by molar-refractivity contribution is 0.0860. The minimum Gasteiger partial charge on any atom is -0.314 e. The number of nitrogens with zero attached hydrogens (tertiary/aromatic N) is 1. The molecule has 2 nitrogen and oxygen atoms in total. The minimum absolute atomic E-state index is 0. The topological polar surface area (TPSA) is 15.3 Å². The summed E-state index contributed by atoms with van der Waals surface area (Å²) in [4.78, 5) is 2.46. The number of piperazine rings is 1. The number of halogens is 2. The third-order valence-electron chi connectivity index (χ3n) is 3.50. The second-order valence-electron chi connectivity index (χ2n) is 6.11. The van der Waals surface area contributed by atoms with Crippen molar-refractivity contribution < 1.29 is 4.39 Å². The molecular formula is C15H24ClFN2. The van der Waals surface area contributed by atoms with Crippen molar-refractivity contribution in [3.05, 3.63) is 35.6 Å². The summed E-state index contributed by atoms with van der Waals surface area (Å²) < 4.78 is 13.5. The van der Waals surface area contributed by atoms with Gasteiger partial charge in [-0.15, -0.1) is 12.4 Å². The Morgan fingerprint density at radius 1 is 1.21 bits per heavy atom. The van der Waals surface area contributed by atoms with Crippen LogP contribution in [-0.4, -0.2) is 31.1 Å². The highest BCUT2D eigenvalue weighted by molar-refractivity contribution is 5.85. The maximum Gasteiger partial charge on any atom is 0.123 e. The zero-order valence-electron chi connectivity index (χ0n) is 11.9. The first-order valence-corrected chi connectivity index (χ1v) is 6.69. The molecule has 0 aromatic heterocycles. The van der Waals surface area contributed by atoms with Gasteiger partial charge in [-0.05, 0) is 23.1 Å². The standard InChI is InChI=1S/C15H23FN2.ClH/c1-15(2,3)14(18-9-7-17-8-10-18)12-5-4-6-13(16)11-12;/h4-6,11,14,17H,7-10H2,1-3H3;1H/t14-;/m0./s1. The van der Waals surface area contributed by atoms with Crippen LogP contribution in [0, 0.1) is 11.2 Å². The van der Waals surface area contributed by atoms with Gasteiger partial charge in [-0.25, -0.2) is 4.39 Å². The Morgan fingerprint density at radius 2 is 1.84 bits per heavy atom. The van der Waals surface area contributed by atoms with E-state index in [0.29, 0.717) is 0 Å². The van der Waals surface area contributed by atoms with Crippen LogP contribution in [0.5, 0.6) is 0 Å². The quantitative estimate of drug-likeness (QED) is 0.898. The van der Waals surface area contributed by atoms with E-state index >= 15 is 0 Å². The third kappa shape index (κ3) is 4.16. The summed E-state index contributed by atoms with van der Waals surface area (Å²) in [5.74, 6) is -0.142. The summed E-state index contributed by atoms with van der Waals surface area (Å²) in [7, 11) is 0. The van der Waals surface area contributed by atoms with E-state index in [1.165, 1.54) is 6.07 Å². The number of hydrogen-bond donors (Lipinski definition) is 1. The molecule has 0 aliphatic carbocycles. The molecule has 1 aromatic rings. The van der Waals surface area contributed by atoms with Gasteiger partial charge < -0.3 is 5.32 Å². The molecule has 0 amide bonds. The molecule has 1 atom stereocenters. The van der Waals surface area contributed by atoms with Crippen molar-refractivity contribution >= 4 is 12.4 Å². The Hall–Kier alpha value is -0.640. The van der Waals surface area contributed by atoms with Crippen molar-refractivity contribution in [3.63, 3.8) is 0 Å². The van der Waals surface area contributed by atoms with E-state index in [0.717, 1.165) is 31.7 Å². The summed E-state index contributed by atoms with van der Waals surface area (Å²) in [5, 5.41) is 3.37. The van der Waals surface area contributed by atoms with Crippen molar-refractivity contribution in [2.45, 2.75) is 26.8 Å². The van der Waals surface area contributed by atoms with Gasteiger partial charge in [-0.3, -0.25) is 4.90 Å². The SMILES string of the molecule is CC(C)(C)[C@H](c1cccc(F)c1)N1CCNCC1.Cl. The first-order chi connectivity index (χ1) is 8.48. The highest BCUT2D eigenvalue weighted by Gasteiger charge is 2.32. The lowest BCUT2D eigenvalue weighted by Crippen LogP contribution is -2.48. The molecule has 1 saturated heterocycles. The van der Waals surface area contributed by atoms with Gasteiger partial charge in [0.1, 0.15) is 5.82 Å². The molecule has 1 aromatic carbocycles. The first kappa shape index (κ1) is 16.4. The van der Waals surface area contributed by atoms with E-state index in [9.17, 15) is 4.39 Å². The lowest BCUT2D eigenvalue weighted by Gasteiger charge is -2.42. The molecule has 1 aliphatic heterocycles. The molecule has 1 aliphatic rings. The fraction of sp³-hybridized carbons (Fsp3) is 0.600. The van der Waals surface area contributed by atoms with E-state index < -0.39 is 0 Å². The fourth-order valence-corrected chi connectivity index (χ4v) is 2.88. The van der Waals surface area contributed by atoms with Gasteiger partial charge in [0.25, 0.3) is 0 Å². The van der Waals surface area contributed by atoms with E-state index in [2.05, 4.69) is 31.0 Å². The van der Waals surface area contributed by atoms with Gasteiger partial charge in [0.15, 0.2) is 0 Å². The molecular weight excluding hydrogens is 263 g/mol. The second kappa shape index (κ2) is 6.69. The lowest BCUT2D eigenvalue weighted by atomic mass is 9.81. The smallest absolute Gasteiger partial charge is 0.123 e. The predicted octanol–water partition coefficient (Wildman–Crippen LogP) is 3.24. The Kier molecular flexibility index (Phi) is 5.78. The molecule has 1 fully saturated rings. The van der Waals surface area contributed by atoms with Crippen LogP contribution in [0.15, 0.2) is 24.3 Å². The molecule has 19 heavy (non-hydrogen) atoms. The van der Waals surface area contributed by atoms with Crippen molar-refractivity contribution in [2.24, 2.45) is 5.41 Å². The van der Waals surface area contributed by atoms with Crippen LogP contribution in [0.3, 0.4) is 0 Å². The molecule has 108 valence electrons. The average molecular weight is 287 g/mol. The van der Waals surface area contributed by atoms with E-state index in [1.54, 1.807) is 6.07 Å². The monoisotopic (exact) mass is 286 g/mol. The maximum absolute atomic E-state index is 13.5. The summed E-state index contributed by atoms with van der Waals surface area (Å²) in [6.07, 6.45) is 0. The van der Waals surface area contributed by atoms with Crippen LogP contribution >= 0.6 is 12.4 Å². The molecule has 4 heteroatoms. The van der Waals surface area contributed by atoms with Crippen LogP contribution in [0.25, 0.3) is 0 Å². The fourth-order valence-electron chi connectivity index (χ4n) is 2.88. The molecule has 0 radical (unpaired) electrons. The van der Waals surface area contributed by atoms with E-state index in [1.807, 2.05) is 12.1 Å². The second-order valence-corrected chi connectivity index (χ2v) is 6.11. The van der Waals surface area contributed by atoms with E-state index in [-0.39, 0.29) is 29.7 Å². The predicted molar refractivity (Wildman–Crippen MR) is 80.3 cm³/mol. The Balaban J connectivity index is 0.00000180. The summed E-state index contributed by atoms with van der Waals surface area (Å²) >= 11 is 0. The molecule has 2 rings (SSSR count). The normalized spacial score (nSPS) is 18.7. The Morgan fingerprint density at radius 3 is 2.37 bits per heavy atom. The zero-order chi connectivity index (χ0) is 13.2. The number of hydrogen-bond acceptors (Lipinski definition) is 2.